The molecule has 0 aromatic heterocycles. The van der Waals surface area contributed by atoms with Crippen LogP contribution in [0, 0.1) is 0 Å². The fraction of sp³-hybridized carbons (Fsp3) is 0.200. The summed E-state index contributed by atoms with van der Waals surface area (Å²) in [5.41, 5.74) is 0.736. The molecule has 100 valence electrons. The van der Waals surface area contributed by atoms with E-state index in [1.165, 1.54) is 7.11 Å². The van der Waals surface area contributed by atoms with Crippen LogP contribution in [0.2, 0.25) is 0 Å². The first kappa shape index (κ1) is 15.8. The van der Waals surface area contributed by atoms with Crippen molar-refractivity contribution in [2.75, 3.05) is 12.4 Å². The number of aliphatic carboxylic acids is 1. The van der Waals surface area contributed by atoms with Crippen molar-refractivity contribution < 1.29 is 32.6 Å². The number of methoxy groups -OCH3 is 1. The van der Waals surface area contributed by atoms with Gasteiger partial charge in [0.2, 0.25) is 0 Å². The van der Waals surface area contributed by atoms with E-state index >= 15 is 0 Å². The molecule has 0 unspecified atom stereocenters. The molecule has 1 aromatic carbocycles. The molecule has 0 radical (unpaired) electrons. The van der Waals surface area contributed by atoms with Gasteiger partial charge in [-0.15, -0.1) is 0 Å². The van der Waals surface area contributed by atoms with E-state index in [4.69, 9.17) is 9.90 Å². The van der Waals surface area contributed by atoms with Gasteiger partial charge in [-0.25, -0.2) is 9.59 Å². The van der Waals surface area contributed by atoms with Crippen LogP contribution in [0.1, 0.15) is 0 Å². The number of carbonyl (C=O) groups is 2. The number of rotatable bonds is 1. The maximum Gasteiger partial charge on any atom is 0.490 e. The molecule has 5 nitrogen and oxygen atoms in total. The molecule has 0 spiro atoms. The fourth-order valence-electron chi connectivity index (χ4n) is 0.690. The van der Waals surface area contributed by atoms with Crippen LogP contribution in [0.25, 0.3) is 0 Å². The van der Waals surface area contributed by atoms with Crippen molar-refractivity contribution in [1.82, 2.24) is 0 Å². The van der Waals surface area contributed by atoms with Crippen molar-refractivity contribution in [3.8, 4) is 0 Å². The molecule has 8 heteroatoms. The zero-order valence-electron chi connectivity index (χ0n) is 9.19. The van der Waals surface area contributed by atoms with E-state index in [2.05, 4.69) is 10.1 Å². The first-order valence-corrected chi connectivity index (χ1v) is 4.47. The van der Waals surface area contributed by atoms with E-state index in [0.717, 1.165) is 5.69 Å². The van der Waals surface area contributed by atoms with Crippen molar-refractivity contribution in [1.29, 1.82) is 0 Å². The predicted molar refractivity (Wildman–Crippen MR) is 56.2 cm³/mol. The molecule has 0 aliphatic carbocycles. The molecule has 0 saturated carbocycles. The van der Waals surface area contributed by atoms with Gasteiger partial charge in [0, 0.05) is 5.69 Å². The topological polar surface area (TPSA) is 75.6 Å². The second-order valence-electron chi connectivity index (χ2n) is 2.79. The smallest absolute Gasteiger partial charge is 0.475 e. The Morgan fingerprint density at radius 2 is 1.67 bits per heavy atom. The van der Waals surface area contributed by atoms with Crippen LogP contribution in [0.15, 0.2) is 30.3 Å². The highest BCUT2D eigenvalue weighted by atomic mass is 19.4. The third kappa shape index (κ3) is 7.09. The number of nitrogens with one attached hydrogen (secondary N) is 1. The van der Waals surface area contributed by atoms with E-state index in [9.17, 15) is 18.0 Å². The molecule has 1 aromatic rings. The minimum Gasteiger partial charge on any atom is -0.475 e. The number of carbonyl (C=O) groups excluding carboxylic acids is 1. The highest BCUT2D eigenvalue weighted by Crippen LogP contribution is 2.13. The summed E-state index contributed by atoms with van der Waals surface area (Å²) in [7, 11) is 1.33. The number of alkyl halides is 3. The van der Waals surface area contributed by atoms with Crippen LogP contribution < -0.4 is 5.32 Å². The van der Waals surface area contributed by atoms with Crippen LogP contribution in [-0.2, 0) is 9.53 Å². The lowest BCUT2D eigenvalue weighted by Gasteiger charge is -2.01. The van der Waals surface area contributed by atoms with Crippen LogP contribution in [-0.4, -0.2) is 30.5 Å². The van der Waals surface area contributed by atoms with Crippen LogP contribution >= 0.6 is 0 Å². The van der Waals surface area contributed by atoms with Gasteiger partial charge in [-0.2, -0.15) is 13.2 Å². The van der Waals surface area contributed by atoms with Gasteiger partial charge in [-0.05, 0) is 12.1 Å². The summed E-state index contributed by atoms with van der Waals surface area (Å²) in [6.07, 6.45) is -5.53. The Kier molecular flexibility index (Phi) is 6.26. The van der Waals surface area contributed by atoms with Crippen LogP contribution in [0.4, 0.5) is 23.7 Å². The number of anilines is 1. The quantitative estimate of drug-likeness (QED) is 0.818. The molecule has 0 saturated heterocycles. The lowest BCUT2D eigenvalue weighted by atomic mass is 10.3. The predicted octanol–water partition coefficient (Wildman–Crippen LogP) is 2.50. The number of carboxylic acid groups (broad SMARTS) is 1. The van der Waals surface area contributed by atoms with E-state index in [1.54, 1.807) is 12.1 Å². The van der Waals surface area contributed by atoms with Crippen molar-refractivity contribution in [2.24, 2.45) is 0 Å². The highest BCUT2D eigenvalue weighted by Gasteiger charge is 2.38. The van der Waals surface area contributed by atoms with Gasteiger partial charge in [0.15, 0.2) is 0 Å². The summed E-state index contributed by atoms with van der Waals surface area (Å²) < 4.78 is 36.1. The number of ether oxygens (including phenoxy) is 1. The maximum atomic E-state index is 10.6. The minimum absolute atomic E-state index is 0.448. The number of benzene rings is 1. The molecule has 0 atom stereocenters. The number of halogens is 3. The second-order valence-corrected chi connectivity index (χ2v) is 2.79. The Labute approximate surface area is 100 Å². The molecular weight excluding hydrogens is 255 g/mol. The van der Waals surface area contributed by atoms with Crippen molar-refractivity contribution >= 4 is 17.7 Å². The summed E-state index contributed by atoms with van der Waals surface area (Å²) in [6, 6.07) is 9.13. The fourth-order valence-corrected chi connectivity index (χ4v) is 0.690. The zero-order valence-corrected chi connectivity index (χ0v) is 9.19. The Balaban J connectivity index is 0.000000360. The number of hydrogen-bond donors (Lipinski definition) is 2. The van der Waals surface area contributed by atoms with Crippen molar-refractivity contribution in [2.45, 2.75) is 6.18 Å². The molecule has 0 aliphatic rings. The van der Waals surface area contributed by atoms with Gasteiger partial charge < -0.3 is 9.84 Å². The summed E-state index contributed by atoms with van der Waals surface area (Å²) in [5.74, 6) is -2.76. The highest BCUT2D eigenvalue weighted by molar-refractivity contribution is 5.84. The molecule has 1 amide bonds. The van der Waals surface area contributed by atoms with Gasteiger partial charge in [0.1, 0.15) is 0 Å². The SMILES string of the molecule is COC(=O)Nc1ccccc1.O=C(O)C(F)(F)F. The normalized spacial score (nSPS) is 9.78. The number of para-hydroxylation sites is 1. The summed E-state index contributed by atoms with van der Waals surface area (Å²) in [6.45, 7) is 0. The molecule has 18 heavy (non-hydrogen) atoms. The van der Waals surface area contributed by atoms with Crippen molar-refractivity contribution in [3.63, 3.8) is 0 Å². The third-order valence-electron chi connectivity index (χ3n) is 1.45. The largest absolute Gasteiger partial charge is 0.490 e. The van der Waals surface area contributed by atoms with E-state index in [-0.39, 0.29) is 0 Å². The van der Waals surface area contributed by atoms with Crippen molar-refractivity contribution in [3.05, 3.63) is 30.3 Å². The first-order valence-electron chi connectivity index (χ1n) is 4.47. The number of carboxylic acids is 1. The monoisotopic (exact) mass is 265 g/mol. The van der Waals surface area contributed by atoms with Gasteiger partial charge in [0.05, 0.1) is 7.11 Å². The lowest BCUT2D eigenvalue weighted by molar-refractivity contribution is -0.192. The van der Waals surface area contributed by atoms with Crippen LogP contribution in [0.3, 0.4) is 0 Å². The summed E-state index contributed by atoms with van der Waals surface area (Å²) in [4.78, 5) is 19.5. The van der Waals surface area contributed by atoms with Gasteiger partial charge in [-0.3, -0.25) is 5.32 Å². The molecule has 0 aliphatic heterocycles. The molecular formula is C10H10F3NO4. The molecule has 0 bridgehead atoms. The molecule has 1 rings (SSSR count). The van der Waals surface area contributed by atoms with E-state index < -0.39 is 18.2 Å². The Hall–Kier alpha value is -2.25. The lowest BCUT2D eigenvalue weighted by Crippen LogP contribution is -2.21. The number of hydrogen-bond acceptors (Lipinski definition) is 3. The average molecular weight is 265 g/mol. The zero-order chi connectivity index (χ0) is 14.2. The molecule has 0 heterocycles. The van der Waals surface area contributed by atoms with Gasteiger partial charge >= 0.3 is 18.2 Å². The Morgan fingerprint density at radius 3 is 2.00 bits per heavy atom. The van der Waals surface area contributed by atoms with Crippen LogP contribution in [0.5, 0.6) is 0 Å². The van der Waals surface area contributed by atoms with E-state index in [0.29, 0.717) is 0 Å². The first-order chi connectivity index (χ1) is 8.27. The van der Waals surface area contributed by atoms with Gasteiger partial charge in [-0.1, -0.05) is 18.2 Å². The number of amides is 1. The van der Waals surface area contributed by atoms with E-state index in [1.807, 2.05) is 18.2 Å². The minimum atomic E-state index is -5.08. The Morgan fingerprint density at radius 1 is 1.22 bits per heavy atom. The molecule has 2 N–H and O–H groups in total. The second kappa shape index (κ2) is 7.15. The maximum absolute atomic E-state index is 10.6. The molecule has 0 fully saturated rings. The summed E-state index contributed by atoms with van der Waals surface area (Å²) >= 11 is 0. The summed E-state index contributed by atoms with van der Waals surface area (Å²) in [5, 5.41) is 9.66. The van der Waals surface area contributed by atoms with Gasteiger partial charge in [0.25, 0.3) is 0 Å². The third-order valence-corrected chi connectivity index (χ3v) is 1.45. The average Bonchev–Trinajstić information content (AvgIpc) is 2.29. The standard InChI is InChI=1S/C8H9NO2.C2HF3O2/c1-11-8(10)9-7-5-3-2-4-6-7;3-2(4,5)1(6)7/h2-6H,1H3,(H,9,10);(H,6,7). The Bertz CT molecular complexity index is 392.